The summed E-state index contributed by atoms with van der Waals surface area (Å²) in [7, 11) is 0. The molecule has 2 aromatic rings. The SMILES string of the molecule is Cc1ccc(C)c(NC(=S)NNc2ccc(C(F)(F)F)cc2[N+](=O)[O-])c1. The van der Waals surface area contributed by atoms with Crippen molar-refractivity contribution in [1.82, 2.24) is 5.43 Å². The Kier molecular flexibility index (Phi) is 5.66. The zero-order chi connectivity index (χ0) is 19.5. The minimum Gasteiger partial charge on any atom is -0.331 e. The van der Waals surface area contributed by atoms with Crippen LogP contribution in [0.3, 0.4) is 0 Å². The van der Waals surface area contributed by atoms with Gasteiger partial charge < -0.3 is 5.32 Å². The molecule has 0 spiro atoms. The average molecular weight is 384 g/mol. The van der Waals surface area contributed by atoms with Crippen molar-refractivity contribution in [2.75, 3.05) is 10.7 Å². The number of anilines is 2. The average Bonchev–Trinajstić information content (AvgIpc) is 2.55. The fourth-order valence-electron chi connectivity index (χ4n) is 2.11. The van der Waals surface area contributed by atoms with E-state index in [0.717, 1.165) is 28.9 Å². The van der Waals surface area contributed by atoms with Crippen LogP contribution in [0.4, 0.5) is 30.2 Å². The molecule has 0 aliphatic heterocycles. The number of nitro groups is 1. The van der Waals surface area contributed by atoms with Gasteiger partial charge in [0.2, 0.25) is 0 Å². The van der Waals surface area contributed by atoms with Crippen molar-refractivity contribution in [2.45, 2.75) is 20.0 Å². The molecule has 0 aromatic heterocycles. The zero-order valence-corrected chi connectivity index (χ0v) is 14.6. The predicted molar refractivity (Wildman–Crippen MR) is 97.0 cm³/mol. The molecule has 0 fully saturated rings. The van der Waals surface area contributed by atoms with Crippen LogP contribution in [-0.4, -0.2) is 10.0 Å². The first-order valence-corrected chi connectivity index (χ1v) is 7.74. The second-order valence-corrected chi connectivity index (χ2v) is 5.92. The van der Waals surface area contributed by atoms with Gasteiger partial charge in [0, 0.05) is 11.8 Å². The largest absolute Gasteiger partial charge is 0.416 e. The summed E-state index contributed by atoms with van der Waals surface area (Å²) in [6.07, 6.45) is -4.67. The van der Waals surface area contributed by atoms with E-state index in [1.54, 1.807) is 0 Å². The molecular weight excluding hydrogens is 369 g/mol. The zero-order valence-electron chi connectivity index (χ0n) is 13.8. The van der Waals surface area contributed by atoms with Gasteiger partial charge in [-0.2, -0.15) is 13.2 Å². The molecule has 2 rings (SSSR count). The molecule has 26 heavy (non-hydrogen) atoms. The number of benzene rings is 2. The van der Waals surface area contributed by atoms with Gasteiger partial charge in [0.25, 0.3) is 5.69 Å². The van der Waals surface area contributed by atoms with Gasteiger partial charge in [-0.25, -0.2) is 0 Å². The summed E-state index contributed by atoms with van der Waals surface area (Å²) in [5.41, 5.74) is 5.70. The number of hydrogen-bond donors (Lipinski definition) is 3. The molecule has 138 valence electrons. The standard InChI is InChI=1S/C16H15F3N4O2S/c1-9-3-4-10(2)13(7-9)20-15(26)22-21-12-6-5-11(16(17,18)19)8-14(12)23(24)25/h3-8,21H,1-2H3,(H2,20,22,26). The quantitative estimate of drug-likeness (QED) is 0.408. The van der Waals surface area contributed by atoms with Gasteiger partial charge in [-0.1, -0.05) is 12.1 Å². The molecule has 0 radical (unpaired) electrons. The third-order valence-electron chi connectivity index (χ3n) is 3.47. The number of halogens is 3. The molecule has 3 N–H and O–H groups in total. The number of nitrogens with one attached hydrogen (secondary N) is 3. The summed E-state index contributed by atoms with van der Waals surface area (Å²) in [6.45, 7) is 3.78. The Morgan fingerprint density at radius 3 is 2.42 bits per heavy atom. The van der Waals surface area contributed by atoms with Crippen LogP contribution in [0.15, 0.2) is 36.4 Å². The van der Waals surface area contributed by atoms with Crippen molar-refractivity contribution in [1.29, 1.82) is 0 Å². The number of nitro benzene ring substituents is 1. The minimum absolute atomic E-state index is 0.105. The fourth-order valence-corrected chi connectivity index (χ4v) is 2.27. The summed E-state index contributed by atoms with van der Waals surface area (Å²) >= 11 is 5.10. The van der Waals surface area contributed by atoms with Crippen LogP contribution >= 0.6 is 12.2 Å². The number of hydrazine groups is 1. The second-order valence-electron chi connectivity index (χ2n) is 5.51. The molecule has 0 saturated heterocycles. The molecule has 0 aliphatic rings. The van der Waals surface area contributed by atoms with Crippen molar-refractivity contribution in [3.05, 3.63) is 63.2 Å². The van der Waals surface area contributed by atoms with E-state index in [1.807, 2.05) is 32.0 Å². The predicted octanol–water partition coefficient (Wildman–Crippen LogP) is 4.54. The lowest BCUT2D eigenvalue weighted by Crippen LogP contribution is -2.33. The van der Waals surface area contributed by atoms with Gasteiger partial charge in [0.1, 0.15) is 5.69 Å². The Hall–Kier alpha value is -2.88. The van der Waals surface area contributed by atoms with Crippen LogP contribution in [0, 0.1) is 24.0 Å². The summed E-state index contributed by atoms with van der Waals surface area (Å²) in [6, 6.07) is 7.87. The number of thiocarbonyl (C=S) groups is 1. The first-order chi connectivity index (χ1) is 12.1. The third-order valence-corrected chi connectivity index (χ3v) is 3.68. The Labute approximate surface area is 152 Å². The maximum Gasteiger partial charge on any atom is 0.416 e. The third kappa shape index (κ3) is 4.82. The van der Waals surface area contributed by atoms with E-state index >= 15 is 0 Å². The van der Waals surface area contributed by atoms with Crippen LogP contribution < -0.4 is 16.2 Å². The molecule has 2 aromatic carbocycles. The lowest BCUT2D eigenvalue weighted by molar-refractivity contribution is -0.384. The molecule has 0 heterocycles. The highest BCUT2D eigenvalue weighted by Gasteiger charge is 2.33. The van der Waals surface area contributed by atoms with Crippen LogP contribution in [0.5, 0.6) is 0 Å². The molecular formula is C16H15F3N4O2S. The normalized spacial score (nSPS) is 11.0. The van der Waals surface area contributed by atoms with Gasteiger partial charge in [-0.05, 0) is 55.4 Å². The molecule has 0 bridgehead atoms. The number of alkyl halides is 3. The number of nitrogens with zero attached hydrogens (tertiary/aromatic N) is 1. The molecule has 0 amide bonds. The smallest absolute Gasteiger partial charge is 0.331 e. The Morgan fingerprint density at radius 1 is 1.12 bits per heavy atom. The van der Waals surface area contributed by atoms with Gasteiger partial charge in [0.15, 0.2) is 5.11 Å². The van der Waals surface area contributed by atoms with E-state index < -0.39 is 22.4 Å². The van der Waals surface area contributed by atoms with E-state index in [0.29, 0.717) is 6.07 Å². The van der Waals surface area contributed by atoms with E-state index in [-0.39, 0.29) is 10.8 Å². The maximum absolute atomic E-state index is 12.7. The maximum atomic E-state index is 12.7. The van der Waals surface area contributed by atoms with Crippen LogP contribution in [-0.2, 0) is 6.18 Å². The Bertz CT molecular complexity index is 856. The van der Waals surface area contributed by atoms with E-state index in [9.17, 15) is 23.3 Å². The van der Waals surface area contributed by atoms with E-state index in [4.69, 9.17) is 12.2 Å². The summed E-state index contributed by atoms with van der Waals surface area (Å²) in [5.74, 6) is 0. The first kappa shape index (κ1) is 19.4. The molecule has 0 atom stereocenters. The minimum atomic E-state index is -4.67. The summed E-state index contributed by atoms with van der Waals surface area (Å²) in [4.78, 5) is 10.1. The Balaban J connectivity index is 2.12. The topological polar surface area (TPSA) is 79.2 Å². The van der Waals surface area contributed by atoms with Gasteiger partial charge in [-0.15, -0.1) is 0 Å². The van der Waals surface area contributed by atoms with Gasteiger partial charge >= 0.3 is 6.18 Å². The molecule has 10 heteroatoms. The van der Waals surface area contributed by atoms with Gasteiger partial charge in [-0.3, -0.25) is 21.0 Å². The second kappa shape index (κ2) is 7.56. The fraction of sp³-hybridized carbons (Fsp3) is 0.188. The van der Waals surface area contributed by atoms with Crippen molar-refractivity contribution in [2.24, 2.45) is 0 Å². The molecule has 0 aliphatic carbocycles. The monoisotopic (exact) mass is 384 g/mol. The number of hydrogen-bond acceptors (Lipinski definition) is 4. The lowest BCUT2D eigenvalue weighted by Gasteiger charge is -2.15. The summed E-state index contributed by atoms with van der Waals surface area (Å²) < 4.78 is 38.1. The van der Waals surface area contributed by atoms with Crippen molar-refractivity contribution in [3.8, 4) is 0 Å². The number of rotatable bonds is 4. The van der Waals surface area contributed by atoms with Crippen LogP contribution in [0.25, 0.3) is 0 Å². The van der Waals surface area contributed by atoms with Crippen molar-refractivity contribution >= 4 is 34.4 Å². The van der Waals surface area contributed by atoms with Crippen LogP contribution in [0.2, 0.25) is 0 Å². The molecule has 0 unspecified atom stereocenters. The Morgan fingerprint density at radius 2 is 1.81 bits per heavy atom. The van der Waals surface area contributed by atoms with Crippen LogP contribution in [0.1, 0.15) is 16.7 Å². The van der Waals surface area contributed by atoms with Crippen molar-refractivity contribution < 1.29 is 18.1 Å². The molecule has 0 saturated carbocycles. The highest BCUT2D eigenvalue weighted by Crippen LogP contribution is 2.34. The molecule has 6 nitrogen and oxygen atoms in total. The van der Waals surface area contributed by atoms with Crippen molar-refractivity contribution in [3.63, 3.8) is 0 Å². The highest BCUT2D eigenvalue weighted by atomic mass is 32.1. The van der Waals surface area contributed by atoms with E-state index in [2.05, 4.69) is 16.2 Å². The lowest BCUT2D eigenvalue weighted by atomic mass is 10.1. The van der Waals surface area contributed by atoms with E-state index in [1.165, 1.54) is 0 Å². The number of aryl methyl sites for hydroxylation is 2. The first-order valence-electron chi connectivity index (χ1n) is 7.34. The summed E-state index contributed by atoms with van der Waals surface area (Å²) in [5, 5.41) is 14.1. The van der Waals surface area contributed by atoms with Gasteiger partial charge in [0.05, 0.1) is 10.5 Å². The highest BCUT2D eigenvalue weighted by molar-refractivity contribution is 7.80.